The number of allylic oxidation sites excluding steroid dienone is 2. The van der Waals surface area contributed by atoms with Gasteiger partial charge in [0.2, 0.25) is 5.76 Å². The Hall–Kier alpha value is -3.65. The van der Waals surface area contributed by atoms with Crippen LogP contribution in [0.3, 0.4) is 0 Å². The maximum atomic E-state index is 13.2. The quantitative estimate of drug-likeness (QED) is 0.264. The van der Waals surface area contributed by atoms with Crippen LogP contribution in [0.25, 0.3) is 11.0 Å². The summed E-state index contributed by atoms with van der Waals surface area (Å²) in [4.78, 5) is 38.8. The van der Waals surface area contributed by atoms with Crippen LogP contribution in [0, 0.1) is 0 Å². The van der Waals surface area contributed by atoms with Crippen LogP contribution < -0.4 is 0 Å². The topological polar surface area (TPSA) is 114 Å². The van der Waals surface area contributed by atoms with Crippen LogP contribution in [-0.4, -0.2) is 33.9 Å². The number of phenolic OH excluding ortho intramolecular Hbond substituents is 2. The first-order valence-electron chi connectivity index (χ1n) is 10.0. The Morgan fingerprint density at radius 1 is 1.09 bits per heavy atom. The largest absolute Gasteiger partial charge is 0.507 e. The molecule has 1 heterocycles. The fourth-order valence-electron chi connectivity index (χ4n) is 3.61. The third kappa shape index (κ3) is 4.34. The number of aromatic hydroxyl groups is 2. The lowest BCUT2D eigenvalue weighted by atomic mass is 9.85. The number of Topliss-reactive ketones (excluding diaryl/α,β-unsaturated/α-hetero) is 1. The molecule has 7 nitrogen and oxygen atoms in total. The molecule has 0 bridgehead atoms. The van der Waals surface area contributed by atoms with Crippen molar-refractivity contribution < 1.29 is 33.8 Å². The number of hydrogen-bond donors (Lipinski definition) is 2. The molecule has 0 radical (unpaired) electrons. The number of carbonyl (C=O) groups excluding carboxylic acids is 3. The van der Waals surface area contributed by atoms with E-state index in [0.29, 0.717) is 11.0 Å². The predicted octanol–water partition coefficient (Wildman–Crippen LogP) is 5.49. The van der Waals surface area contributed by atoms with E-state index in [2.05, 4.69) is 15.9 Å². The normalized spacial score (nSPS) is 14.0. The number of rotatable bonds is 5. The number of hydrogen-bond acceptors (Lipinski definition) is 7. The first kappa shape index (κ1) is 22.5. The van der Waals surface area contributed by atoms with Crippen molar-refractivity contribution in [2.75, 3.05) is 0 Å². The summed E-state index contributed by atoms with van der Waals surface area (Å²) < 4.78 is 12.0. The summed E-state index contributed by atoms with van der Waals surface area (Å²) in [5.41, 5.74) is 0.713. The minimum atomic E-state index is -1.11. The van der Waals surface area contributed by atoms with E-state index in [1.54, 1.807) is 24.3 Å². The molecule has 0 saturated carbocycles. The van der Waals surface area contributed by atoms with E-state index in [1.165, 1.54) is 6.07 Å². The molecule has 3 aromatic rings. The highest BCUT2D eigenvalue weighted by Crippen LogP contribution is 2.36. The van der Waals surface area contributed by atoms with Gasteiger partial charge < -0.3 is 19.4 Å². The Balaban J connectivity index is 1.71. The van der Waals surface area contributed by atoms with E-state index < -0.39 is 35.1 Å². The standard InChI is InChI=1S/C25H19BrO7/c1-12(2)3-7-20(33-25(31)21-10-13-9-14(26)4-8-19(13)32-21)15-11-18(29)22-16(27)5-6-17(28)23(22)24(15)30/h3-6,8-11,20,27-28H,7H2,1-2H3/t20-/m1/s1. The van der Waals surface area contributed by atoms with Crippen LogP contribution in [-0.2, 0) is 4.74 Å². The Morgan fingerprint density at radius 2 is 1.79 bits per heavy atom. The Labute approximate surface area is 197 Å². The number of esters is 1. The van der Waals surface area contributed by atoms with Gasteiger partial charge in [-0.3, -0.25) is 9.59 Å². The monoisotopic (exact) mass is 510 g/mol. The van der Waals surface area contributed by atoms with Crippen molar-refractivity contribution in [3.05, 3.63) is 81.1 Å². The van der Waals surface area contributed by atoms with Gasteiger partial charge in [-0.25, -0.2) is 4.79 Å². The summed E-state index contributed by atoms with van der Waals surface area (Å²) in [5.74, 6) is -3.08. The summed E-state index contributed by atoms with van der Waals surface area (Å²) >= 11 is 3.36. The van der Waals surface area contributed by atoms with E-state index >= 15 is 0 Å². The third-order valence-electron chi connectivity index (χ3n) is 5.20. The molecule has 33 heavy (non-hydrogen) atoms. The molecule has 8 heteroatoms. The maximum absolute atomic E-state index is 13.2. The van der Waals surface area contributed by atoms with Crippen molar-refractivity contribution in [1.29, 1.82) is 0 Å². The van der Waals surface area contributed by atoms with Crippen LogP contribution in [0.1, 0.15) is 51.5 Å². The second-order valence-electron chi connectivity index (χ2n) is 7.85. The van der Waals surface area contributed by atoms with Crippen molar-refractivity contribution in [1.82, 2.24) is 0 Å². The minimum Gasteiger partial charge on any atom is -0.507 e. The van der Waals surface area contributed by atoms with Gasteiger partial charge in [0.05, 0.1) is 11.1 Å². The van der Waals surface area contributed by atoms with Crippen molar-refractivity contribution in [3.63, 3.8) is 0 Å². The number of ether oxygens (including phenoxy) is 1. The molecule has 1 aliphatic rings. The zero-order valence-corrected chi connectivity index (χ0v) is 19.3. The first-order chi connectivity index (χ1) is 15.7. The molecular weight excluding hydrogens is 492 g/mol. The lowest BCUT2D eigenvalue weighted by Crippen LogP contribution is -2.29. The molecule has 2 N–H and O–H groups in total. The van der Waals surface area contributed by atoms with E-state index in [4.69, 9.17) is 9.15 Å². The van der Waals surface area contributed by atoms with Crippen molar-refractivity contribution in [2.24, 2.45) is 0 Å². The zero-order valence-electron chi connectivity index (χ0n) is 17.7. The summed E-state index contributed by atoms with van der Waals surface area (Å²) in [6.45, 7) is 3.69. The number of fused-ring (bicyclic) bond motifs is 2. The van der Waals surface area contributed by atoms with Crippen LogP contribution in [0.5, 0.6) is 11.5 Å². The molecule has 0 fully saturated rings. The van der Waals surface area contributed by atoms with Crippen LogP contribution in [0.2, 0.25) is 0 Å². The molecule has 1 aromatic heterocycles. The summed E-state index contributed by atoms with van der Waals surface area (Å²) in [6, 6.07) is 9.06. The van der Waals surface area contributed by atoms with Crippen LogP contribution in [0.4, 0.5) is 0 Å². The summed E-state index contributed by atoms with van der Waals surface area (Å²) in [7, 11) is 0. The molecule has 1 aliphatic carbocycles. The first-order valence-corrected chi connectivity index (χ1v) is 10.8. The number of phenols is 2. The van der Waals surface area contributed by atoms with Gasteiger partial charge in [0.25, 0.3) is 0 Å². The Morgan fingerprint density at radius 3 is 2.48 bits per heavy atom. The van der Waals surface area contributed by atoms with Crippen molar-refractivity contribution in [2.45, 2.75) is 26.4 Å². The molecule has 0 aliphatic heterocycles. The van der Waals surface area contributed by atoms with E-state index in [-0.39, 0.29) is 28.9 Å². The van der Waals surface area contributed by atoms with Gasteiger partial charge in [-0.15, -0.1) is 0 Å². The third-order valence-corrected chi connectivity index (χ3v) is 5.69. The molecule has 0 amide bonds. The zero-order chi connectivity index (χ0) is 23.9. The van der Waals surface area contributed by atoms with Gasteiger partial charge in [0.1, 0.15) is 23.2 Å². The number of carbonyl (C=O) groups is 3. The van der Waals surface area contributed by atoms with Crippen LogP contribution >= 0.6 is 15.9 Å². The fraction of sp³-hybridized carbons (Fsp3) is 0.160. The average molecular weight is 511 g/mol. The lowest BCUT2D eigenvalue weighted by molar-refractivity contribution is 0.0339. The number of ketones is 2. The van der Waals surface area contributed by atoms with Crippen molar-refractivity contribution in [3.8, 4) is 11.5 Å². The Bertz CT molecular complexity index is 1370. The average Bonchev–Trinajstić information content (AvgIpc) is 3.18. The summed E-state index contributed by atoms with van der Waals surface area (Å²) in [5, 5.41) is 20.9. The second kappa shape index (κ2) is 8.71. The molecule has 1 atom stereocenters. The Kier molecular flexibility index (Phi) is 5.95. The van der Waals surface area contributed by atoms with Gasteiger partial charge in [0, 0.05) is 21.9 Å². The van der Waals surface area contributed by atoms with Crippen LogP contribution in [0.15, 0.2) is 68.6 Å². The van der Waals surface area contributed by atoms with Gasteiger partial charge in [-0.05, 0) is 56.3 Å². The molecule has 0 spiro atoms. The van der Waals surface area contributed by atoms with E-state index in [0.717, 1.165) is 28.3 Å². The van der Waals surface area contributed by atoms with Gasteiger partial charge in [-0.1, -0.05) is 27.6 Å². The molecule has 0 unspecified atom stereocenters. The van der Waals surface area contributed by atoms with Crippen molar-refractivity contribution >= 4 is 44.4 Å². The fourth-order valence-corrected chi connectivity index (χ4v) is 3.98. The molecule has 2 aromatic carbocycles. The SMILES string of the molecule is CC(C)=CC[C@@H](OC(=O)c1cc2cc(Br)ccc2o1)C1=CC(=O)c2c(O)ccc(O)c2C1=O. The highest BCUT2D eigenvalue weighted by molar-refractivity contribution is 9.10. The molecule has 0 saturated heterocycles. The number of benzene rings is 2. The highest BCUT2D eigenvalue weighted by atomic mass is 79.9. The number of halogens is 1. The highest BCUT2D eigenvalue weighted by Gasteiger charge is 2.36. The molecular formula is C25H19BrO7. The summed E-state index contributed by atoms with van der Waals surface area (Å²) in [6.07, 6.45) is 1.82. The minimum absolute atomic E-state index is 0.0543. The second-order valence-corrected chi connectivity index (χ2v) is 8.77. The molecule has 168 valence electrons. The lowest BCUT2D eigenvalue weighted by Gasteiger charge is -2.23. The van der Waals surface area contributed by atoms with E-state index in [9.17, 15) is 24.6 Å². The smallest absolute Gasteiger partial charge is 0.374 e. The number of furan rings is 1. The predicted molar refractivity (Wildman–Crippen MR) is 124 cm³/mol. The maximum Gasteiger partial charge on any atom is 0.374 e. The van der Waals surface area contributed by atoms with Gasteiger partial charge in [0.15, 0.2) is 11.6 Å². The van der Waals surface area contributed by atoms with Gasteiger partial charge >= 0.3 is 5.97 Å². The van der Waals surface area contributed by atoms with Gasteiger partial charge in [-0.2, -0.15) is 0 Å². The van der Waals surface area contributed by atoms with E-state index in [1.807, 2.05) is 13.8 Å². The molecule has 4 rings (SSSR count).